The van der Waals surface area contributed by atoms with Crippen LogP contribution in [0.3, 0.4) is 0 Å². The smallest absolute Gasteiger partial charge is 0.181 e. The lowest BCUT2D eigenvalue weighted by Gasteiger charge is -2.20. The average Bonchev–Trinajstić information content (AvgIpc) is 2.78. The van der Waals surface area contributed by atoms with Crippen molar-refractivity contribution in [3.63, 3.8) is 0 Å². The first-order valence-electron chi connectivity index (χ1n) is 6.21. The fourth-order valence-electron chi connectivity index (χ4n) is 2.04. The molecule has 0 amide bonds. The molecular weight excluding hydrogens is 231 g/mol. The number of hydrogen-bond acceptors (Lipinski definition) is 2. The third-order valence-corrected chi connectivity index (χ3v) is 3.45. The third kappa shape index (κ3) is 2.48. The summed E-state index contributed by atoms with van der Waals surface area (Å²) in [6.45, 7) is 5.25. The van der Waals surface area contributed by atoms with Gasteiger partial charge in [-0.15, -0.1) is 0 Å². The van der Waals surface area contributed by atoms with Gasteiger partial charge in [0, 0.05) is 34.2 Å². The van der Waals surface area contributed by atoms with Crippen LogP contribution in [0.5, 0.6) is 5.75 Å². The summed E-state index contributed by atoms with van der Waals surface area (Å²) >= 11 is 0. The number of H-pyrrole nitrogens is 1. The Kier molecular flexibility index (Phi) is 3.87. The first-order valence-corrected chi connectivity index (χ1v) is 6.21. The largest absolute Gasteiger partial charge is 0.361 e. The number of fused-ring (bicyclic) bond motifs is 1. The van der Waals surface area contributed by atoms with E-state index < -0.39 is 0 Å². The predicted octanol–water partition coefficient (Wildman–Crippen LogP) is 3.31. The van der Waals surface area contributed by atoms with Crippen LogP contribution >= 0.6 is 0 Å². The average molecular weight is 250 g/mol. The van der Waals surface area contributed by atoms with E-state index >= 15 is 0 Å². The van der Waals surface area contributed by atoms with Crippen molar-refractivity contribution in [3.05, 3.63) is 30.0 Å². The van der Waals surface area contributed by atoms with Gasteiger partial charge in [0.05, 0.1) is 0 Å². The Balaban J connectivity index is 2.23. The maximum atomic E-state index is 12.5. The zero-order chi connectivity index (χ0) is 13.1. The highest BCUT2D eigenvalue weighted by Crippen LogP contribution is 2.29. The summed E-state index contributed by atoms with van der Waals surface area (Å²) in [5.41, 5.74) is 2.00. The van der Waals surface area contributed by atoms with E-state index in [0.29, 0.717) is 6.04 Å². The molecule has 18 heavy (non-hydrogen) atoms. The molecule has 2 rings (SSSR count). The third-order valence-electron chi connectivity index (χ3n) is 3.45. The van der Waals surface area contributed by atoms with E-state index in [-0.39, 0.29) is 5.75 Å². The van der Waals surface area contributed by atoms with Gasteiger partial charge in [-0.2, -0.15) is 0 Å². The highest BCUT2D eigenvalue weighted by molar-refractivity contribution is 5.89. The number of aromatic nitrogens is 1. The van der Waals surface area contributed by atoms with Gasteiger partial charge in [-0.05, 0) is 45.0 Å². The Bertz CT molecular complexity index is 521. The molecule has 1 aromatic heterocycles. The number of benzene rings is 1. The van der Waals surface area contributed by atoms with Crippen molar-refractivity contribution in [1.29, 1.82) is 0 Å². The summed E-state index contributed by atoms with van der Waals surface area (Å²) in [4.78, 5) is 9.36. The molecule has 0 bridgehead atoms. The van der Waals surface area contributed by atoms with Gasteiger partial charge in [-0.25, -0.2) is 0 Å². The standard InChI is InChI=1S/C14H19FN2O/c1-10(2)17(3)8-7-11-9-16-12-5-4-6-13(18-15)14(11)12/h4-6,9-10,16H,7-8H2,1-3H3. The SMILES string of the molecule is CC(C)N(C)CCc1c[nH]c2cccc(OF)c12. The molecule has 2 aromatic rings. The summed E-state index contributed by atoms with van der Waals surface area (Å²) in [7, 11) is 2.09. The Morgan fingerprint density at radius 2 is 2.17 bits per heavy atom. The van der Waals surface area contributed by atoms with Crippen molar-refractivity contribution in [3.8, 4) is 5.75 Å². The van der Waals surface area contributed by atoms with Crippen molar-refractivity contribution in [2.45, 2.75) is 26.3 Å². The summed E-state index contributed by atoms with van der Waals surface area (Å²) in [5, 5.41) is 0.845. The van der Waals surface area contributed by atoms with E-state index in [9.17, 15) is 4.53 Å². The Morgan fingerprint density at radius 1 is 1.39 bits per heavy atom. The molecule has 0 unspecified atom stereocenters. The zero-order valence-corrected chi connectivity index (χ0v) is 11.0. The second kappa shape index (κ2) is 5.40. The Hall–Kier alpha value is -1.55. The highest BCUT2D eigenvalue weighted by atomic mass is 19.3. The monoisotopic (exact) mass is 250 g/mol. The van der Waals surface area contributed by atoms with Crippen molar-refractivity contribution in [1.82, 2.24) is 9.88 Å². The van der Waals surface area contributed by atoms with Crippen molar-refractivity contribution in [2.24, 2.45) is 0 Å². The van der Waals surface area contributed by atoms with Gasteiger partial charge in [0.15, 0.2) is 5.75 Å². The molecule has 4 heteroatoms. The van der Waals surface area contributed by atoms with E-state index in [1.54, 1.807) is 12.1 Å². The van der Waals surface area contributed by atoms with Crippen LogP contribution in [0.15, 0.2) is 24.4 Å². The minimum atomic E-state index is 0.288. The van der Waals surface area contributed by atoms with Crippen LogP contribution in [0.4, 0.5) is 4.53 Å². The molecule has 0 atom stereocenters. The maximum Gasteiger partial charge on any atom is 0.181 e. The zero-order valence-electron chi connectivity index (χ0n) is 11.0. The number of likely N-dealkylation sites (N-methyl/N-ethyl adjacent to an activating group) is 1. The van der Waals surface area contributed by atoms with E-state index in [1.165, 1.54) is 0 Å². The topological polar surface area (TPSA) is 28.3 Å². The molecule has 98 valence electrons. The van der Waals surface area contributed by atoms with E-state index in [2.05, 4.69) is 35.7 Å². The molecular formula is C14H19FN2O. The molecule has 0 aliphatic carbocycles. The minimum Gasteiger partial charge on any atom is -0.361 e. The highest BCUT2D eigenvalue weighted by Gasteiger charge is 2.11. The Morgan fingerprint density at radius 3 is 2.83 bits per heavy atom. The van der Waals surface area contributed by atoms with E-state index in [0.717, 1.165) is 29.4 Å². The summed E-state index contributed by atoms with van der Waals surface area (Å²) in [6.07, 6.45) is 2.80. The number of aromatic amines is 1. The summed E-state index contributed by atoms with van der Waals surface area (Å²) in [5.74, 6) is 0.288. The minimum absolute atomic E-state index is 0.288. The molecule has 1 heterocycles. The molecule has 3 nitrogen and oxygen atoms in total. The van der Waals surface area contributed by atoms with Crippen LogP contribution in [0.2, 0.25) is 0 Å². The molecule has 0 aliphatic rings. The molecule has 1 N–H and O–H groups in total. The first kappa shape index (κ1) is 12.9. The second-order valence-electron chi connectivity index (χ2n) is 4.89. The molecule has 1 aromatic carbocycles. The van der Waals surface area contributed by atoms with Crippen molar-refractivity contribution in [2.75, 3.05) is 13.6 Å². The summed E-state index contributed by atoms with van der Waals surface area (Å²) in [6, 6.07) is 5.85. The molecule has 0 saturated carbocycles. The van der Waals surface area contributed by atoms with Crippen LogP contribution in [0.25, 0.3) is 10.9 Å². The number of hydrogen-bond donors (Lipinski definition) is 1. The van der Waals surface area contributed by atoms with Crippen LogP contribution in [0, 0.1) is 0 Å². The molecule has 0 saturated heterocycles. The first-order chi connectivity index (χ1) is 8.63. The summed E-state index contributed by atoms with van der Waals surface area (Å²) < 4.78 is 12.5. The fourth-order valence-corrected chi connectivity index (χ4v) is 2.04. The van der Waals surface area contributed by atoms with Gasteiger partial charge in [0.1, 0.15) is 0 Å². The number of nitrogens with one attached hydrogen (secondary N) is 1. The van der Waals surface area contributed by atoms with Crippen LogP contribution in [-0.4, -0.2) is 29.5 Å². The number of rotatable bonds is 5. The lowest BCUT2D eigenvalue weighted by Crippen LogP contribution is -2.28. The number of halogens is 1. The van der Waals surface area contributed by atoms with Crippen LogP contribution in [0.1, 0.15) is 19.4 Å². The van der Waals surface area contributed by atoms with E-state index in [1.807, 2.05) is 12.3 Å². The lowest BCUT2D eigenvalue weighted by atomic mass is 10.1. The molecule has 0 aliphatic heterocycles. The second-order valence-corrected chi connectivity index (χ2v) is 4.89. The predicted molar refractivity (Wildman–Crippen MR) is 71.5 cm³/mol. The van der Waals surface area contributed by atoms with Crippen molar-refractivity contribution < 1.29 is 9.47 Å². The van der Waals surface area contributed by atoms with Crippen LogP contribution < -0.4 is 4.94 Å². The molecule has 0 radical (unpaired) electrons. The Labute approximate surface area is 106 Å². The van der Waals surface area contributed by atoms with Gasteiger partial charge < -0.3 is 9.88 Å². The maximum absolute atomic E-state index is 12.5. The van der Waals surface area contributed by atoms with Gasteiger partial charge in [-0.1, -0.05) is 6.07 Å². The van der Waals surface area contributed by atoms with Gasteiger partial charge in [0.2, 0.25) is 0 Å². The van der Waals surface area contributed by atoms with E-state index in [4.69, 9.17) is 0 Å². The molecule has 0 fully saturated rings. The fraction of sp³-hybridized carbons (Fsp3) is 0.429. The van der Waals surface area contributed by atoms with Crippen molar-refractivity contribution >= 4 is 10.9 Å². The van der Waals surface area contributed by atoms with Crippen LogP contribution in [-0.2, 0) is 6.42 Å². The van der Waals surface area contributed by atoms with Gasteiger partial charge >= 0.3 is 0 Å². The lowest BCUT2D eigenvalue weighted by molar-refractivity contribution is -0.00427. The normalized spacial score (nSPS) is 11.7. The quantitative estimate of drug-likeness (QED) is 0.881. The molecule has 0 spiro atoms. The van der Waals surface area contributed by atoms with Gasteiger partial charge in [-0.3, -0.25) is 4.94 Å². The number of nitrogens with zero attached hydrogens (tertiary/aromatic N) is 1. The van der Waals surface area contributed by atoms with Gasteiger partial charge in [0.25, 0.3) is 0 Å².